The minimum absolute atomic E-state index is 0.0974. The van der Waals surface area contributed by atoms with E-state index in [-0.39, 0.29) is 25.0 Å². The molecule has 2 N–H and O–H groups in total. The van der Waals surface area contributed by atoms with Gasteiger partial charge in [-0.25, -0.2) is 4.79 Å². The molecule has 1 aromatic carbocycles. The highest BCUT2D eigenvalue weighted by Crippen LogP contribution is 2.39. The molecule has 1 aliphatic carbocycles. The number of carbonyl (C=O) groups excluding carboxylic acids is 2. The first-order valence-electron chi connectivity index (χ1n) is 11.3. The lowest BCUT2D eigenvalue weighted by molar-refractivity contribution is -0.143. The van der Waals surface area contributed by atoms with Crippen LogP contribution in [0.3, 0.4) is 0 Å². The van der Waals surface area contributed by atoms with E-state index >= 15 is 0 Å². The van der Waals surface area contributed by atoms with Crippen LogP contribution in [0.1, 0.15) is 44.6 Å². The molecule has 2 aromatic rings. The van der Waals surface area contributed by atoms with Crippen molar-refractivity contribution in [2.45, 2.75) is 51.0 Å². The van der Waals surface area contributed by atoms with Crippen LogP contribution < -0.4 is 15.7 Å². The molecule has 172 valence electrons. The molecule has 2 fully saturated rings. The number of aryl methyl sites for hydroxylation is 1. The predicted octanol–water partition coefficient (Wildman–Crippen LogP) is 2.00. The van der Waals surface area contributed by atoms with E-state index in [0.717, 1.165) is 36.6 Å². The summed E-state index contributed by atoms with van der Waals surface area (Å²) in [5.74, 6) is -0.0314. The lowest BCUT2D eigenvalue weighted by Gasteiger charge is -2.47. The Balaban J connectivity index is 1.27. The van der Waals surface area contributed by atoms with Gasteiger partial charge in [0.05, 0.1) is 12.1 Å². The van der Waals surface area contributed by atoms with Crippen molar-refractivity contribution in [3.63, 3.8) is 0 Å². The summed E-state index contributed by atoms with van der Waals surface area (Å²) < 4.78 is 10.8. The normalized spacial score (nSPS) is 22.9. The van der Waals surface area contributed by atoms with Crippen molar-refractivity contribution in [1.29, 1.82) is 0 Å². The monoisotopic (exact) mass is 442 g/mol. The lowest BCUT2D eigenvalue weighted by atomic mass is 9.71. The number of amides is 2. The predicted molar refractivity (Wildman–Crippen MR) is 118 cm³/mol. The van der Waals surface area contributed by atoms with Crippen LogP contribution in [-0.4, -0.2) is 53.7 Å². The van der Waals surface area contributed by atoms with E-state index in [4.69, 9.17) is 9.15 Å². The molecule has 0 spiro atoms. The molecule has 2 heterocycles. The summed E-state index contributed by atoms with van der Waals surface area (Å²) in [6, 6.07) is 6.59. The Labute approximate surface area is 186 Å². The fourth-order valence-electron chi connectivity index (χ4n) is 4.88. The zero-order chi connectivity index (χ0) is 22.7. The first-order valence-corrected chi connectivity index (χ1v) is 11.3. The Hall–Kier alpha value is -2.87. The molecule has 32 heavy (non-hydrogen) atoms. The van der Waals surface area contributed by atoms with E-state index in [2.05, 4.69) is 5.32 Å². The van der Waals surface area contributed by atoms with Crippen molar-refractivity contribution < 1.29 is 23.8 Å². The van der Waals surface area contributed by atoms with Crippen molar-refractivity contribution in [3.8, 4) is 5.75 Å². The van der Waals surface area contributed by atoms with Gasteiger partial charge < -0.3 is 24.5 Å². The Kier molecular flexibility index (Phi) is 6.50. The Morgan fingerprint density at radius 2 is 2.12 bits per heavy atom. The molecule has 0 unspecified atom stereocenters. The zero-order valence-corrected chi connectivity index (χ0v) is 18.4. The number of nitrogens with zero attached hydrogens (tertiary/aromatic N) is 1. The molecule has 8 nitrogen and oxygen atoms in total. The van der Waals surface area contributed by atoms with Crippen LogP contribution in [0, 0.1) is 5.92 Å². The second-order valence-electron chi connectivity index (χ2n) is 8.80. The molecule has 0 bridgehead atoms. The maximum atomic E-state index is 12.5. The van der Waals surface area contributed by atoms with Gasteiger partial charge in [0.25, 0.3) is 5.91 Å². The number of likely N-dealkylation sites (tertiary alicyclic amines) is 1. The van der Waals surface area contributed by atoms with Crippen molar-refractivity contribution >= 4 is 22.8 Å². The summed E-state index contributed by atoms with van der Waals surface area (Å²) in [7, 11) is 0. The highest BCUT2D eigenvalue weighted by molar-refractivity contribution is 5.86. The molecule has 4 rings (SSSR count). The minimum atomic E-state index is -0.636. The van der Waals surface area contributed by atoms with Gasteiger partial charge in [0, 0.05) is 36.5 Å². The molecule has 1 aliphatic heterocycles. The van der Waals surface area contributed by atoms with Crippen LogP contribution in [0.4, 0.5) is 0 Å². The van der Waals surface area contributed by atoms with Crippen LogP contribution in [0.5, 0.6) is 5.75 Å². The largest absolute Gasteiger partial charge is 0.484 e. The number of nitrogens with one attached hydrogen (secondary N) is 1. The number of hydrogen-bond donors (Lipinski definition) is 2. The van der Waals surface area contributed by atoms with Gasteiger partial charge in [-0.2, -0.15) is 0 Å². The van der Waals surface area contributed by atoms with Crippen molar-refractivity contribution in [2.75, 3.05) is 26.2 Å². The third-order valence-corrected chi connectivity index (χ3v) is 6.77. The first-order chi connectivity index (χ1) is 15.4. The number of aliphatic hydroxyl groups is 1. The van der Waals surface area contributed by atoms with Crippen LogP contribution >= 0.6 is 0 Å². The van der Waals surface area contributed by atoms with Gasteiger partial charge in [-0.3, -0.25) is 9.59 Å². The molecule has 2 atom stereocenters. The van der Waals surface area contributed by atoms with Gasteiger partial charge >= 0.3 is 5.63 Å². The Bertz CT molecular complexity index is 1060. The van der Waals surface area contributed by atoms with Gasteiger partial charge in [0.2, 0.25) is 5.91 Å². The molecule has 1 aromatic heterocycles. The number of piperidine rings is 1. The minimum Gasteiger partial charge on any atom is -0.484 e. The summed E-state index contributed by atoms with van der Waals surface area (Å²) in [6.45, 7) is 2.67. The van der Waals surface area contributed by atoms with Gasteiger partial charge in [0.15, 0.2) is 6.61 Å². The molecule has 8 heteroatoms. The standard InChI is InChI=1S/C24H30N2O6/c1-2-16-11-23(29)32-20-12-18(6-7-19(16)20)31-15-21(27)25-13-22(28)26-10-9-24(30)8-4-3-5-17(24)14-26/h6-7,11-12,17,30H,2-5,8-10,13-15H2,1H3,(H,25,27)/t17-,24+/m1/s1. The van der Waals surface area contributed by atoms with Gasteiger partial charge in [-0.1, -0.05) is 19.8 Å². The van der Waals surface area contributed by atoms with Crippen molar-refractivity contribution in [1.82, 2.24) is 10.2 Å². The molecule has 2 aliphatic rings. The van der Waals surface area contributed by atoms with Gasteiger partial charge in [-0.15, -0.1) is 0 Å². The molecule has 1 saturated carbocycles. The topological polar surface area (TPSA) is 109 Å². The van der Waals surface area contributed by atoms with Gasteiger partial charge in [-0.05, 0) is 43.4 Å². The third-order valence-electron chi connectivity index (χ3n) is 6.77. The second-order valence-corrected chi connectivity index (χ2v) is 8.80. The molecule has 2 amide bonds. The van der Waals surface area contributed by atoms with E-state index in [0.29, 0.717) is 37.3 Å². The van der Waals surface area contributed by atoms with E-state index in [1.807, 2.05) is 6.92 Å². The molecular formula is C24H30N2O6. The summed E-state index contributed by atoms with van der Waals surface area (Å²) in [6.07, 6.45) is 5.17. The molecule has 0 radical (unpaired) electrons. The summed E-state index contributed by atoms with van der Waals surface area (Å²) >= 11 is 0. The number of rotatable bonds is 6. The van der Waals surface area contributed by atoms with Crippen LogP contribution in [-0.2, 0) is 16.0 Å². The summed E-state index contributed by atoms with van der Waals surface area (Å²) in [5, 5.41) is 14.2. The number of carbonyl (C=O) groups is 2. The fraction of sp³-hybridized carbons (Fsp3) is 0.542. The number of fused-ring (bicyclic) bond motifs is 2. The maximum Gasteiger partial charge on any atom is 0.336 e. The first kappa shape index (κ1) is 22.3. The average molecular weight is 443 g/mol. The SMILES string of the molecule is CCc1cc(=O)oc2cc(OCC(=O)NCC(=O)N3CC[C@@]4(O)CCCC[C@@H]4C3)ccc12. The maximum absolute atomic E-state index is 12.5. The average Bonchev–Trinajstić information content (AvgIpc) is 2.79. The number of ether oxygens (including phenoxy) is 1. The highest BCUT2D eigenvalue weighted by atomic mass is 16.5. The number of hydrogen-bond acceptors (Lipinski definition) is 6. The Morgan fingerprint density at radius 1 is 1.28 bits per heavy atom. The second kappa shape index (κ2) is 9.32. The van der Waals surface area contributed by atoms with Gasteiger partial charge in [0.1, 0.15) is 11.3 Å². The molecular weight excluding hydrogens is 412 g/mol. The van der Waals surface area contributed by atoms with E-state index < -0.39 is 17.1 Å². The summed E-state index contributed by atoms with van der Waals surface area (Å²) in [5.41, 5.74) is 0.244. The van der Waals surface area contributed by atoms with E-state index in [9.17, 15) is 19.5 Å². The lowest BCUT2D eigenvalue weighted by Crippen LogP contribution is -2.56. The third kappa shape index (κ3) is 4.80. The quantitative estimate of drug-likeness (QED) is 0.663. The zero-order valence-electron chi connectivity index (χ0n) is 18.4. The Morgan fingerprint density at radius 3 is 2.94 bits per heavy atom. The van der Waals surface area contributed by atoms with Crippen LogP contribution in [0.2, 0.25) is 0 Å². The fourth-order valence-corrected chi connectivity index (χ4v) is 4.88. The van der Waals surface area contributed by atoms with E-state index in [1.54, 1.807) is 23.1 Å². The highest BCUT2D eigenvalue weighted by Gasteiger charge is 2.43. The van der Waals surface area contributed by atoms with Crippen molar-refractivity contribution in [2.24, 2.45) is 5.92 Å². The van der Waals surface area contributed by atoms with Crippen molar-refractivity contribution in [3.05, 3.63) is 40.2 Å². The summed E-state index contributed by atoms with van der Waals surface area (Å²) in [4.78, 5) is 38.2. The molecule has 1 saturated heterocycles. The van der Waals surface area contributed by atoms with Crippen LogP contribution in [0.25, 0.3) is 11.0 Å². The van der Waals surface area contributed by atoms with E-state index in [1.165, 1.54) is 6.07 Å². The smallest absolute Gasteiger partial charge is 0.336 e. The number of benzene rings is 1. The van der Waals surface area contributed by atoms with Crippen LogP contribution in [0.15, 0.2) is 33.5 Å².